The topological polar surface area (TPSA) is 70.2 Å². The normalized spacial score (nSPS) is 12.5. The summed E-state index contributed by atoms with van der Waals surface area (Å²) in [6, 6.07) is 5.91. The number of hydrogen-bond donors (Lipinski definition) is 2. The first-order valence-corrected chi connectivity index (χ1v) is 6.30. The highest BCUT2D eigenvalue weighted by Gasteiger charge is 2.17. The molecule has 0 fully saturated rings. The zero-order valence-electron chi connectivity index (χ0n) is 11.1. The minimum Gasteiger partial charge on any atom is -0.481 e. The summed E-state index contributed by atoms with van der Waals surface area (Å²) in [6.07, 6.45) is 1.99. The molecule has 2 N–H and O–H groups in total. The summed E-state index contributed by atoms with van der Waals surface area (Å²) < 4.78 is 0. The van der Waals surface area contributed by atoms with Crippen molar-refractivity contribution >= 4 is 22.7 Å². The zero-order chi connectivity index (χ0) is 14.0. The van der Waals surface area contributed by atoms with Crippen LogP contribution in [-0.4, -0.2) is 21.8 Å². The van der Waals surface area contributed by atoms with Crippen molar-refractivity contribution in [1.29, 1.82) is 0 Å². The number of aromatic amines is 1. The number of ketones is 1. The van der Waals surface area contributed by atoms with Gasteiger partial charge < -0.3 is 10.1 Å². The fourth-order valence-electron chi connectivity index (χ4n) is 2.26. The average molecular weight is 259 g/mol. The molecule has 1 unspecified atom stereocenters. The van der Waals surface area contributed by atoms with E-state index in [1.165, 1.54) is 0 Å². The van der Waals surface area contributed by atoms with Gasteiger partial charge in [0, 0.05) is 35.5 Å². The van der Waals surface area contributed by atoms with Gasteiger partial charge in [-0.2, -0.15) is 0 Å². The number of aromatic nitrogens is 1. The number of hydrogen-bond acceptors (Lipinski definition) is 2. The third-order valence-electron chi connectivity index (χ3n) is 3.19. The number of carbonyl (C=O) groups is 2. The molecule has 1 heterocycles. The van der Waals surface area contributed by atoms with Crippen LogP contribution in [0.4, 0.5) is 0 Å². The van der Waals surface area contributed by atoms with Crippen LogP contribution in [0.3, 0.4) is 0 Å². The van der Waals surface area contributed by atoms with E-state index in [2.05, 4.69) is 4.98 Å². The molecule has 100 valence electrons. The molecule has 1 atom stereocenters. The molecule has 1 aromatic carbocycles. The molecule has 0 radical (unpaired) electrons. The predicted molar refractivity (Wildman–Crippen MR) is 73.4 cm³/mol. The Hall–Kier alpha value is -2.10. The molecule has 0 amide bonds. The Morgan fingerprint density at radius 2 is 2.05 bits per heavy atom. The van der Waals surface area contributed by atoms with Gasteiger partial charge in [0.05, 0.1) is 0 Å². The van der Waals surface area contributed by atoms with Crippen molar-refractivity contribution in [2.24, 2.45) is 5.92 Å². The number of fused-ring (bicyclic) bond motifs is 1. The van der Waals surface area contributed by atoms with Crippen LogP contribution in [-0.2, 0) is 4.79 Å². The van der Waals surface area contributed by atoms with Gasteiger partial charge >= 0.3 is 5.97 Å². The van der Waals surface area contributed by atoms with E-state index in [0.717, 1.165) is 16.5 Å². The van der Waals surface area contributed by atoms with Gasteiger partial charge in [-0.05, 0) is 25.0 Å². The first kappa shape index (κ1) is 13.3. The maximum Gasteiger partial charge on any atom is 0.303 e. The van der Waals surface area contributed by atoms with Crippen molar-refractivity contribution in [1.82, 2.24) is 4.98 Å². The van der Waals surface area contributed by atoms with Gasteiger partial charge in [0.2, 0.25) is 0 Å². The van der Waals surface area contributed by atoms with Gasteiger partial charge in [0.1, 0.15) is 0 Å². The molecular weight excluding hydrogens is 242 g/mol. The molecule has 0 saturated heterocycles. The molecule has 0 aliphatic heterocycles. The maximum atomic E-state index is 12.2. The number of carboxylic acids is 1. The van der Waals surface area contributed by atoms with Crippen LogP contribution >= 0.6 is 0 Å². The molecule has 4 heteroatoms. The second-order valence-corrected chi connectivity index (χ2v) is 5.08. The van der Waals surface area contributed by atoms with Crippen LogP contribution in [0.25, 0.3) is 10.9 Å². The Kier molecular flexibility index (Phi) is 3.69. The number of H-pyrrole nitrogens is 1. The first-order chi connectivity index (χ1) is 8.97. The molecule has 1 aromatic heterocycles. The second-order valence-electron chi connectivity index (χ2n) is 5.08. The summed E-state index contributed by atoms with van der Waals surface area (Å²) in [5.74, 6) is -1.03. The van der Waals surface area contributed by atoms with Gasteiger partial charge in [0.15, 0.2) is 5.78 Å². The lowest BCUT2D eigenvalue weighted by Crippen LogP contribution is -2.10. The van der Waals surface area contributed by atoms with Crippen molar-refractivity contribution in [3.05, 3.63) is 35.5 Å². The van der Waals surface area contributed by atoms with E-state index in [1.54, 1.807) is 13.1 Å². The highest BCUT2D eigenvalue weighted by Crippen LogP contribution is 2.22. The van der Waals surface area contributed by atoms with E-state index in [-0.39, 0.29) is 24.5 Å². The number of nitrogens with one attached hydrogen (secondary N) is 1. The van der Waals surface area contributed by atoms with Gasteiger partial charge in [-0.1, -0.05) is 18.6 Å². The van der Waals surface area contributed by atoms with Crippen LogP contribution in [0.5, 0.6) is 0 Å². The quantitative estimate of drug-likeness (QED) is 0.810. The molecule has 2 aromatic rings. The monoisotopic (exact) mass is 259 g/mol. The van der Waals surface area contributed by atoms with Gasteiger partial charge in [-0.25, -0.2) is 0 Å². The van der Waals surface area contributed by atoms with Crippen LogP contribution < -0.4 is 0 Å². The summed E-state index contributed by atoms with van der Waals surface area (Å²) >= 11 is 0. The lowest BCUT2D eigenvalue weighted by molar-refractivity contribution is -0.137. The molecule has 0 aliphatic carbocycles. The number of aliphatic carboxylic acids is 1. The van der Waals surface area contributed by atoms with Crippen LogP contribution in [0, 0.1) is 12.8 Å². The van der Waals surface area contributed by atoms with Gasteiger partial charge in [-0.3, -0.25) is 9.59 Å². The number of carbonyl (C=O) groups excluding carboxylic acids is 1. The fraction of sp³-hybridized carbons (Fsp3) is 0.333. The van der Waals surface area contributed by atoms with E-state index < -0.39 is 5.97 Å². The summed E-state index contributed by atoms with van der Waals surface area (Å²) in [6.45, 7) is 3.76. The van der Waals surface area contributed by atoms with Gasteiger partial charge in [-0.15, -0.1) is 0 Å². The number of Topliss-reactive ketones (excluding diaryl/α,β-unsaturated/α-hetero) is 1. The highest BCUT2D eigenvalue weighted by molar-refractivity contribution is 6.08. The average Bonchev–Trinajstić information content (AvgIpc) is 2.70. The number of aryl methyl sites for hydroxylation is 1. The van der Waals surface area contributed by atoms with E-state index in [4.69, 9.17) is 5.11 Å². The van der Waals surface area contributed by atoms with Crippen molar-refractivity contribution in [3.8, 4) is 0 Å². The van der Waals surface area contributed by atoms with Crippen LogP contribution in [0.1, 0.15) is 35.7 Å². The molecule has 0 aliphatic rings. The minimum atomic E-state index is -0.866. The fourth-order valence-corrected chi connectivity index (χ4v) is 2.26. The minimum absolute atomic E-state index is 0.00870. The third-order valence-corrected chi connectivity index (χ3v) is 3.19. The highest BCUT2D eigenvalue weighted by atomic mass is 16.4. The maximum absolute atomic E-state index is 12.2. The smallest absolute Gasteiger partial charge is 0.303 e. The molecule has 0 saturated carbocycles. The SMILES string of the molecule is Cc1ccc2[nH]cc(C(=O)CC(C)CC(=O)O)c2c1. The second kappa shape index (κ2) is 5.26. The van der Waals surface area contributed by atoms with E-state index in [1.807, 2.05) is 25.1 Å². The molecule has 0 spiro atoms. The summed E-state index contributed by atoms with van der Waals surface area (Å²) in [4.78, 5) is 25.9. The molecular formula is C15H17NO3. The number of rotatable bonds is 5. The number of carboxylic acid groups (broad SMARTS) is 1. The first-order valence-electron chi connectivity index (χ1n) is 6.30. The van der Waals surface area contributed by atoms with E-state index >= 15 is 0 Å². The van der Waals surface area contributed by atoms with Crippen molar-refractivity contribution in [2.75, 3.05) is 0 Å². The third kappa shape index (κ3) is 3.02. The summed E-state index contributed by atoms with van der Waals surface area (Å²) in [5.41, 5.74) is 2.68. The van der Waals surface area contributed by atoms with Gasteiger partial charge in [0.25, 0.3) is 0 Å². The zero-order valence-corrected chi connectivity index (χ0v) is 11.1. The lowest BCUT2D eigenvalue weighted by Gasteiger charge is -2.06. The lowest BCUT2D eigenvalue weighted by atomic mass is 9.96. The Bertz CT molecular complexity index is 627. The predicted octanol–water partition coefficient (Wildman–Crippen LogP) is 3.16. The molecule has 19 heavy (non-hydrogen) atoms. The number of benzene rings is 1. The molecule has 2 rings (SSSR count). The Labute approximate surface area is 111 Å². The Morgan fingerprint density at radius 1 is 1.32 bits per heavy atom. The van der Waals surface area contributed by atoms with E-state index in [0.29, 0.717) is 5.56 Å². The van der Waals surface area contributed by atoms with Crippen molar-refractivity contribution in [3.63, 3.8) is 0 Å². The largest absolute Gasteiger partial charge is 0.481 e. The van der Waals surface area contributed by atoms with E-state index in [9.17, 15) is 9.59 Å². The standard InChI is InChI=1S/C15H17NO3/c1-9-3-4-13-11(5-9)12(8-16-13)14(17)6-10(2)7-15(18)19/h3-5,8,10,16H,6-7H2,1-2H3,(H,18,19). The molecule has 4 nitrogen and oxygen atoms in total. The Morgan fingerprint density at radius 3 is 2.74 bits per heavy atom. The van der Waals surface area contributed by atoms with Crippen LogP contribution in [0.15, 0.2) is 24.4 Å². The summed E-state index contributed by atoms with van der Waals surface area (Å²) in [7, 11) is 0. The van der Waals surface area contributed by atoms with Crippen LogP contribution in [0.2, 0.25) is 0 Å². The summed E-state index contributed by atoms with van der Waals surface area (Å²) in [5, 5.41) is 9.63. The van der Waals surface area contributed by atoms with Crippen molar-refractivity contribution in [2.45, 2.75) is 26.7 Å². The molecule has 0 bridgehead atoms. The van der Waals surface area contributed by atoms with Crippen molar-refractivity contribution < 1.29 is 14.7 Å². The Balaban J connectivity index is 2.22.